The third-order valence-corrected chi connectivity index (χ3v) is 5.70. The highest BCUT2D eigenvalue weighted by atomic mass is 35.5. The summed E-state index contributed by atoms with van der Waals surface area (Å²) >= 11 is 6.63. The molecule has 4 heterocycles. The molecule has 2 aliphatic rings. The van der Waals surface area contributed by atoms with E-state index in [2.05, 4.69) is 20.1 Å². The van der Waals surface area contributed by atoms with Crippen LogP contribution in [-0.2, 0) is 4.79 Å². The number of nitrogens with zero attached hydrogens (tertiary/aromatic N) is 6. The molecule has 0 saturated carbocycles. The smallest absolute Gasteiger partial charge is 0.328 e. The molecule has 0 fully saturated rings. The normalized spacial score (nSPS) is 15.5. The van der Waals surface area contributed by atoms with Crippen LogP contribution in [0.3, 0.4) is 0 Å². The lowest BCUT2D eigenvalue weighted by Gasteiger charge is -2.28. The maximum absolute atomic E-state index is 11.6. The Hall–Kier alpha value is -3.46. The van der Waals surface area contributed by atoms with Crippen molar-refractivity contribution in [2.45, 2.75) is 19.9 Å². The van der Waals surface area contributed by atoms with Crippen molar-refractivity contribution in [2.75, 3.05) is 18.1 Å². The number of carboxylic acids is 1. The van der Waals surface area contributed by atoms with Gasteiger partial charge < -0.3 is 14.7 Å². The fourth-order valence-electron chi connectivity index (χ4n) is 3.88. The standard InChI is InChI=1S/C21H19ClN6O3/c1-11(2)17(21(29)30)28-9-12(8-25-28)14-4-3-13(7-15(14)22)27-5-6-31-20-16-18(23-10-24-20)26-19(16)27/h3-4,7-11,17H,5-6H2,1-2H3,(H,29,30). The third kappa shape index (κ3) is 3.21. The Kier molecular flexibility index (Phi) is 4.62. The zero-order chi connectivity index (χ0) is 21.7. The summed E-state index contributed by atoms with van der Waals surface area (Å²) in [4.78, 5) is 26.5. The molecular formula is C21H19ClN6O3. The van der Waals surface area contributed by atoms with E-state index in [-0.39, 0.29) is 5.92 Å². The van der Waals surface area contributed by atoms with E-state index in [1.165, 1.54) is 11.0 Å². The molecule has 0 saturated heterocycles. The van der Waals surface area contributed by atoms with Crippen LogP contribution in [0.2, 0.25) is 5.02 Å². The number of hydrogen-bond donors (Lipinski definition) is 1. The quantitative estimate of drug-likeness (QED) is 0.649. The summed E-state index contributed by atoms with van der Waals surface area (Å²) in [5.74, 6) is 0.916. The maximum atomic E-state index is 11.6. The van der Waals surface area contributed by atoms with Crippen LogP contribution in [0.4, 0.5) is 11.5 Å². The van der Waals surface area contributed by atoms with Gasteiger partial charge in [0, 0.05) is 23.0 Å². The van der Waals surface area contributed by atoms with Crippen LogP contribution in [0.15, 0.2) is 41.9 Å². The first-order valence-electron chi connectivity index (χ1n) is 9.85. The summed E-state index contributed by atoms with van der Waals surface area (Å²) in [6.07, 6.45) is 4.80. The molecule has 10 heteroatoms. The summed E-state index contributed by atoms with van der Waals surface area (Å²) in [7, 11) is 0. The average molecular weight is 439 g/mol. The highest BCUT2D eigenvalue weighted by Crippen LogP contribution is 2.39. The van der Waals surface area contributed by atoms with E-state index in [1.54, 1.807) is 12.4 Å². The van der Waals surface area contributed by atoms with E-state index in [9.17, 15) is 9.90 Å². The number of aliphatic imine (C=N–C) groups is 1. The first-order chi connectivity index (χ1) is 14.9. The molecule has 1 unspecified atom stereocenters. The Morgan fingerprint density at radius 1 is 1.29 bits per heavy atom. The monoisotopic (exact) mass is 438 g/mol. The van der Waals surface area contributed by atoms with Crippen LogP contribution in [0.25, 0.3) is 11.1 Å². The summed E-state index contributed by atoms with van der Waals surface area (Å²) in [5.41, 5.74) is 3.21. The minimum Gasteiger partial charge on any atom is -0.480 e. The molecule has 0 amide bonds. The van der Waals surface area contributed by atoms with Gasteiger partial charge in [0.15, 0.2) is 17.7 Å². The highest BCUT2D eigenvalue weighted by Gasteiger charge is 2.34. The number of amidine groups is 1. The summed E-state index contributed by atoms with van der Waals surface area (Å²) < 4.78 is 7.21. The number of hydrogen-bond acceptors (Lipinski definition) is 7. The van der Waals surface area contributed by atoms with Gasteiger partial charge in [-0.05, 0) is 18.1 Å². The number of ether oxygens (including phenoxy) is 1. The van der Waals surface area contributed by atoms with Gasteiger partial charge >= 0.3 is 5.97 Å². The number of rotatable bonds is 5. The summed E-state index contributed by atoms with van der Waals surface area (Å²) in [6.45, 7) is 4.76. The Morgan fingerprint density at radius 3 is 2.87 bits per heavy atom. The van der Waals surface area contributed by atoms with E-state index in [0.29, 0.717) is 29.9 Å². The van der Waals surface area contributed by atoms with Crippen molar-refractivity contribution >= 4 is 34.9 Å². The second kappa shape index (κ2) is 7.35. The zero-order valence-corrected chi connectivity index (χ0v) is 17.6. The minimum absolute atomic E-state index is 0.103. The number of halogens is 1. The van der Waals surface area contributed by atoms with Crippen molar-refractivity contribution in [2.24, 2.45) is 10.9 Å². The molecular weight excluding hydrogens is 420 g/mol. The lowest BCUT2D eigenvalue weighted by Crippen LogP contribution is -2.35. The second-order valence-electron chi connectivity index (χ2n) is 7.71. The maximum Gasteiger partial charge on any atom is 0.328 e. The number of anilines is 1. The topological polar surface area (TPSA) is 106 Å². The van der Waals surface area contributed by atoms with Crippen LogP contribution in [0.5, 0.6) is 5.88 Å². The van der Waals surface area contributed by atoms with Crippen molar-refractivity contribution in [1.29, 1.82) is 0 Å². The van der Waals surface area contributed by atoms with E-state index >= 15 is 0 Å². The van der Waals surface area contributed by atoms with Crippen molar-refractivity contribution in [3.63, 3.8) is 0 Å². The molecule has 0 spiro atoms. The average Bonchev–Trinajstić information content (AvgIpc) is 3.08. The van der Waals surface area contributed by atoms with Gasteiger partial charge in [-0.1, -0.05) is 31.5 Å². The van der Waals surface area contributed by atoms with Gasteiger partial charge in [-0.15, -0.1) is 0 Å². The largest absolute Gasteiger partial charge is 0.480 e. The van der Waals surface area contributed by atoms with E-state index in [4.69, 9.17) is 16.3 Å². The third-order valence-electron chi connectivity index (χ3n) is 5.38. The fraction of sp³-hybridized carbons (Fsp3) is 0.286. The fourth-order valence-corrected chi connectivity index (χ4v) is 4.16. The van der Waals surface area contributed by atoms with Crippen molar-refractivity contribution < 1.29 is 14.6 Å². The number of aromatic nitrogens is 4. The molecule has 5 rings (SSSR count). The zero-order valence-electron chi connectivity index (χ0n) is 16.9. The van der Waals surface area contributed by atoms with Gasteiger partial charge in [0.1, 0.15) is 18.5 Å². The number of benzene rings is 1. The van der Waals surface area contributed by atoms with Crippen LogP contribution < -0.4 is 9.64 Å². The van der Waals surface area contributed by atoms with Crippen LogP contribution in [-0.4, -0.2) is 49.8 Å². The summed E-state index contributed by atoms with van der Waals surface area (Å²) in [6, 6.07) is 4.97. The SMILES string of the molecule is CC(C)C(C(=O)O)n1cc(-c2ccc(N3CCOc4ncnc5c4C3=N5)cc2Cl)cn1. The second-order valence-corrected chi connectivity index (χ2v) is 8.12. The minimum atomic E-state index is -0.917. The Bertz CT molecular complexity index is 1220. The Balaban J connectivity index is 1.45. The van der Waals surface area contributed by atoms with Gasteiger partial charge in [0.2, 0.25) is 5.88 Å². The lowest BCUT2D eigenvalue weighted by atomic mass is 10.0. The number of carboxylic acid groups (broad SMARTS) is 1. The van der Waals surface area contributed by atoms with Gasteiger partial charge in [0.05, 0.1) is 17.8 Å². The molecule has 0 radical (unpaired) electrons. The molecule has 1 aromatic carbocycles. The molecule has 1 atom stereocenters. The van der Waals surface area contributed by atoms with Gasteiger partial charge in [0.25, 0.3) is 0 Å². The van der Waals surface area contributed by atoms with Crippen molar-refractivity contribution in [3.8, 4) is 17.0 Å². The summed E-state index contributed by atoms with van der Waals surface area (Å²) in [5, 5.41) is 14.3. The van der Waals surface area contributed by atoms with E-state index in [0.717, 1.165) is 28.2 Å². The predicted octanol–water partition coefficient (Wildman–Crippen LogP) is 3.57. The molecule has 1 N–H and O–H groups in total. The van der Waals surface area contributed by atoms with Gasteiger partial charge in [-0.3, -0.25) is 4.68 Å². The van der Waals surface area contributed by atoms with Crippen LogP contribution in [0.1, 0.15) is 25.5 Å². The van der Waals surface area contributed by atoms with Gasteiger partial charge in [-0.25, -0.2) is 19.8 Å². The first kappa shape index (κ1) is 19.5. The highest BCUT2D eigenvalue weighted by molar-refractivity contribution is 6.33. The lowest BCUT2D eigenvalue weighted by molar-refractivity contribution is -0.142. The molecule has 9 nitrogen and oxygen atoms in total. The Labute approximate surface area is 183 Å². The van der Waals surface area contributed by atoms with Crippen LogP contribution >= 0.6 is 11.6 Å². The van der Waals surface area contributed by atoms with E-state index < -0.39 is 12.0 Å². The molecule has 2 aliphatic heterocycles. The molecule has 31 heavy (non-hydrogen) atoms. The Morgan fingerprint density at radius 2 is 2.13 bits per heavy atom. The molecule has 0 aliphatic carbocycles. The molecule has 0 bridgehead atoms. The predicted molar refractivity (Wildman–Crippen MR) is 115 cm³/mol. The van der Waals surface area contributed by atoms with Crippen molar-refractivity contribution in [1.82, 2.24) is 19.7 Å². The van der Waals surface area contributed by atoms with E-state index in [1.807, 2.05) is 36.9 Å². The molecule has 2 aromatic heterocycles. The first-order valence-corrected chi connectivity index (χ1v) is 10.2. The van der Waals surface area contributed by atoms with Crippen molar-refractivity contribution in [3.05, 3.63) is 47.5 Å². The number of carbonyl (C=O) groups is 1. The van der Waals surface area contributed by atoms with Crippen LogP contribution in [0, 0.1) is 5.92 Å². The number of aliphatic carboxylic acids is 1. The molecule has 158 valence electrons. The van der Waals surface area contributed by atoms with Gasteiger partial charge in [-0.2, -0.15) is 5.10 Å². The molecule has 3 aromatic rings.